The maximum Gasteiger partial charge on any atom is 0.275 e. The summed E-state index contributed by atoms with van der Waals surface area (Å²) in [7, 11) is 0. The molecule has 0 radical (unpaired) electrons. The molecular weight excluding hydrogens is 382 g/mol. The van der Waals surface area contributed by atoms with Crippen LogP contribution in [0.5, 0.6) is 0 Å². The highest BCUT2D eigenvalue weighted by molar-refractivity contribution is 5.10. The van der Waals surface area contributed by atoms with Crippen molar-refractivity contribution in [1.82, 2.24) is 0 Å². The summed E-state index contributed by atoms with van der Waals surface area (Å²) in [5, 5.41) is 20.2. The molecule has 0 aromatic rings. The van der Waals surface area contributed by atoms with Gasteiger partial charge in [0.15, 0.2) is 0 Å². The molecule has 0 aromatic heterocycles. The molecule has 4 fully saturated rings. The van der Waals surface area contributed by atoms with Crippen molar-refractivity contribution in [3.8, 4) is 0 Å². The van der Waals surface area contributed by atoms with Crippen LogP contribution in [0, 0.1) is 46.3 Å². The van der Waals surface area contributed by atoms with Crippen molar-refractivity contribution in [2.45, 2.75) is 116 Å². The number of alkyl halides is 2. The summed E-state index contributed by atoms with van der Waals surface area (Å²) in [6, 6.07) is 0. The van der Waals surface area contributed by atoms with Crippen molar-refractivity contribution in [2.75, 3.05) is 0 Å². The van der Waals surface area contributed by atoms with Crippen molar-refractivity contribution >= 4 is 0 Å². The van der Waals surface area contributed by atoms with Crippen LogP contribution in [0.15, 0.2) is 0 Å². The van der Waals surface area contributed by atoms with E-state index in [-0.39, 0.29) is 23.9 Å². The van der Waals surface area contributed by atoms with Crippen LogP contribution in [-0.4, -0.2) is 27.8 Å². The molecule has 30 heavy (non-hydrogen) atoms. The first-order chi connectivity index (χ1) is 13.8. The molecule has 4 rings (SSSR count). The third kappa shape index (κ3) is 3.47. The molecule has 0 aliphatic heterocycles. The zero-order chi connectivity index (χ0) is 22.1. The van der Waals surface area contributed by atoms with Gasteiger partial charge in [-0.1, -0.05) is 20.8 Å². The van der Waals surface area contributed by atoms with Crippen LogP contribution < -0.4 is 0 Å². The fraction of sp³-hybridized carbons (Fsp3) is 1.00. The van der Waals surface area contributed by atoms with Crippen molar-refractivity contribution in [3.05, 3.63) is 0 Å². The summed E-state index contributed by atoms with van der Waals surface area (Å²) in [4.78, 5) is 0. The SMILES string of the molecule is C[C@H](CC(F)(F)C(C)(C)O)C1CC[C@H]2C3CCC4CC(O)CCC4(C)C3CCC12C. The molecule has 0 spiro atoms. The first kappa shape index (κ1) is 23.0. The highest BCUT2D eigenvalue weighted by Crippen LogP contribution is 2.68. The van der Waals surface area contributed by atoms with Gasteiger partial charge in [0.1, 0.15) is 5.60 Å². The molecule has 4 saturated carbocycles. The van der Waals surface area contributed by atoms with E-state index in [1.54, 1.807) is 0 Å². The van der Waals surface area contributed by atoms with Crippen LogP contribution in [0.25, 0.3) is 0 Å². The van der Waals surface area contributed by atoms with E-state index in [1.807, 2.05) is 6.92 Å². The van der Waals surface area contributed by atoms with Crippen LogP contribution >= 0.6 is 0 Å². The number of aliphatic hydroxyl groups is 2. The Morgan fingerprint density at radius 3 is 2.23 bits per heavy atom. The quantitative estimate of drug-likeness (QED) is 0.543. The summed E-state index contributed by atoms with van der Waals surface area (Å²) < 4.78 is 29.3. The van der Waals surface area contributed by atoms with E-state index in [0.29, 0.717) is 23.2 Å². The van der Waals surface area contributed by atoms with Crippen molar-refractivity contribution < 1.29 is 19.0 Å². The van der Waals surface area contributed by atoms with Gasteiger partial charge in [-0.2, -0.15) is 0 Å². The van der Waals surface area contributed by atoms with Crippen molar-refractivity contribution in [2.24, 2.45) is 46.3 Å². The van der Waals surface area contributed by atoms with Gasteiger partial charge in [-0.25, -0.2) is 8.78 Å². The molecule has 4 heteroatoms. The predicted molar refractivity (Wildman–Crippen MR) is 116 cm³/mol. The smallest absolute Gasteiger partial charge is 0.275 e. The average Bonchev–Trinajstić information content (AvgIpc) is 2.98. The number of hydrogen-bond acceptors (Lipinski definition) is 2. The van der Waals surface area contributed by atoms with E-state index < -0.39 is 11.5 Å². The second-order valence-electron chi connectivity index (χ2n) is 12.8. The fourth-order valence-electron chi connectivity index (χ4n) is 9.01. The summed E-state index contributed by atoms with van der Waals surface area (Å²) >= 11 is 0. The molecule has 0 saturated heterocycles. The molecule has 4 aliphatic rings. The second kappa shape index (κ2) is 7.40. The van der Waals surface area contributed by atoms with E-state index in [1.165, 1.54) is 39.5 Å². The van der Waals surface area contributed by atoms with Crippen LogP contribution in [-0.2, 0) is 0 Å². The molecule has 9 atom stereocenters. The minimum absolute atomic E-state index is 0.0743. The predicted octanol–water partition coefficient (Wildman–Crippen LogP) is 6.44. The lowest BCUT2D eigenvalue weighted by atomic mass is 9.44. The van der Waals surface area contributed by atoms with Gasteiger partial charge in [-0.3, -0.25) is 0 Å². The monoisotopic (exact) mass is 426 g/mol. The van der Waals surface area contributed by atoms with Gasteiger partial charge in [0.05, 0.1) is 6.10 Å². The Kier molecular flexibility index (Phi) is 5.66. The molecule has 0 heterocycles. The first-order valence-corrected chi connectivity index (χ1v) is 12.6. The van der Waals surface area contributed by atoms with Gasteiger partial charge in [0.2, 0.25) is 0 Å². The maximum absolute atomic E-state index is 14.6. The number of fused-ring (bicyclic) bond motifs is 5. The lowest BCUT2D eigenvalue weighted by molar-refractivity contribution is -0.178. The van der Waals surface area contributed by atoms with E-state index in [4.69, 9.17) is 0 Å². The number of rotatable bonds is 4. The van der Waals surface area contributed by atoms with Gasteiger partial charge in [-0.15, -0.1) is 0 Å². The molecule has 0 aromatic carbocycles. The number of halogens is 2. The Bertz CT molecular complexity index is 643. The standard InChI is InChI=1S/C26H44F2O2/c1-16(15-26(27,28)23(2,3)30)20-8-9-21-19-7-6-17-14-18(29)10-12-24(17,4)22(19)11-13-25(20,21)5/h16-22,29-30H,6-15H2,1-5H3/t16-,17?,18?,19?,20?,21+,22?,24?,25?/m1/s1. The van der Waals surface area contributed by atoms with Crippen LogP contribution in [0.3, 0.4) is 0 Å². The normalized spacial score (nSPS) is 47.9. The Balaban J connectivity index is 1.52. The number of hydrogen-bond donors (Lipinski definition) is 2. The van der Waals surface area contributed by atoms with Gasteiger partial charge in [0.25, 0.3) is 5.92 Å². The van der Waals surface area contributed by atoms with Crippen LogP contribution in [0.4, 0.5) is 8.78 Å². The minimum atomic E-state index is -3.05. The average molecular weight is 427 g/mol. The molecule has 2 N–H and O–H groups in total. The molecular formula is C26H44F2O2. The zero-order valence-corrected chi connectivity index (χ0v) is 19.8. The van der Waals surface area contributed by atoms with Crippen LogP contribution in [0.1, 0.15) is 98.8 Å². The molecule has 174 valence electrons. The van der Waals surface area contributed by atoms with Gasteiger partial charge < -0.3 is 10.2 Å². The van der Waals surface area contributed by atoms with Gasteiger partial charge >= 0.3 is 0 Å². The number of aliphatic hydroxyl groups excluding tert-OH is 1. The summed E-state index contributed by atoms with van der Waals surface area (Å²) in [6.45, 7) is 9.39. The largest absolute Gasteiger partial charge is 0.393 e. The Labute approximate surface area is 182 Å². The van der Waals surface area contributed by atoms with E-state index in [2.05, 4.69) is 13.8 Å². The van der Waals surface area contributed by atoms with Crippen LogP contribution in [0.2, 0.25) is 0 Å². The third-order valence-electron chi connectivity index (χ3n) is 10.9. The molecule has 2 nitrogen and oxygen atoms in total. The minimum Gasteiger partial charge on any atom is -0.393 e. The first-order valence-electron chi connectivity index (χ1n) is 12.6. The lowest BCUT2D eigenvalue weighted by Gasteiger charge is -2.61. The Morgan fingerprint density at radius 1 is 0.933 bits per heavy atom. The zero-order valence-electron chi connectivity index (χ0n) is 19.8. The topological polar surface area (TPSA) is 40.5 Å². The van der Waals surface area contributed by atoms with Gasteiger partial charge in [-0.05, 0) is 118 Å². The summed E-state index contributed by atoms with van der Waals surface area (Å²) in [5.74, 6) is -0.00409. The van der Waals surface area contributed by atoms with E-state index >= 15 is 0 Å². The molecule has 0 amide bonds. The molecule has 4 aliphatic carbocycles. The summed E-state index contributed by atoms with van der Waals surface area (Å²) in [5.41, 5.74) is -1.44. The highest BCUT2D eigenvalue weighted by Gasteiger charge is 2.61. The maximum atomic E-state index is 14.6. The van der Waals surface area contributed by atoms with Crippen molar-refractivity contribution in [3.63, 3.8) is 0 Å². The van der Waals surface area contributed by atoms with E-state index in [9.17, 15) is 19.0 Å². The van der Waals surface area contributed by atoms with Gasteiger partial charge in [0, 0.05) is 6.42 Å². The lowest BCUT2D eigenvalue weighted by Crippen LogP contribution is -2.54. The molecule has 0 bridgehead atoms. The second-order valence-corrected chi connectivity index (χ2v) is 12.8. The highest BCUT2D eigenvalue weighted by atomic mass is 19.3. The fourth-order valence-corrected chi connectivity index (χ4v) is 9.01. The van der Waals surface area contributed by atoms with Crippen molar-refractivity contribution in [1.29, 1.82) is 0 Å². The third-order valence-corrected chi connectivity index (χ3v) is 10.9. The molecule has 7 unspecified atom stereocenters. The summed E-state index contributed by atoms with van der Waals surface area (Å²) in [6.07, 6.45) is 9.89. The van der Waals surface area contributed by atoms with E-state index in [0.717, 1.165) is 43.9 Å². The Hall–Kier alpha value is -0.220. The Morgan fingerprint density at radius 2 is 1.57 bits per heavy atom.